The summed E-state index contributed by atoms with van der Waals surface area (Å²) in [6, 6.07) is 6.56. The zero-order valence-electron chi connectivity index (χ0n) is 13.9. The quantitative estimate of drug-likeness (QED) is 0.921. The van der Waals surface area contributed by atoms with Gasteiger partial charge in [0.25, 0.3) is 0 Å². The first-order valence-electron chi connectivity index (χ1n) is 8.31. The van der Waals surface area contributed by atoms with Crippen LogP contribution in [0, 0.1) is 17.7 Å². The second kappa shape index (κ2) is 6.26. The number of halogens is 1. The summed E-state index contributed by atoms with van der Waals surface area (Å²) in [4.78, 5) is 17.1. The minimum atomic E-state index is -0.252. The van der Waals surface area contributed by atoms with Crippen LogP contribution in [0.25, 0.3) is 0 Å². The fraction of sp³-hybridized carbons (Fsp3) is 0.474. The van der Waals surface area contributed by atoms with Crippen LogP contribution < -0.4 is 5.32 Å². The Balaban J connectivity index is 2.18. The van der Waals surface area contributed by atoms with Crippen molar-refractivity contribution in [2.45, 2.75) is 39.5 Å². The molecule has 0 spiro atoms. The smallest absolute Gasteiger partial charge is 0.158 e. The number of allylic oxidation sites excluding steroid dienone is 2. The van der Waals surface area contributed by atoms with Crippen molar-refractivity contribution >= 4 is 11.6 Å². The van der Waals surface area contributed by atoms with Crippen molar-refractivity contribution in [2.75, 3.05) is 6.54 Å². The summed E-state index contributed by atoms with van der Waals surface area (Å²) < 4.78 is 13.3. The van der Waals surface area contributed by atoms with Gasteiger partial charge in [-0.3, -0.25) is 9.79 Å². The van der Waals surface area contributed by atoms with Gasteiger partial charge in [-0.25, -0.2) is 4.39 Å². The van der Waals surface area contributed by atoms with Crippen LogP contribution in [0.1, 0.15) is 45.1 Å². The van der Waals surface area contributed by atoms with Gasteiger partial charge >= 0.3 is 0 Å². The van der Waals surface area contributed by atoms with E-state index in [0.717, 1.165) is 42.1 Å². The van der Waals surface area contributed by atoms with Crippen LogP contribution in [0.3, 0.4) is 0 Å². The predicted molar refractivity (Wildman–Crippen MR) is 89.8 cm³/mol. The van der Waals surface area contributed by atoms with Crippen LogP contribution in [-0.2, 0) is 4.79 Å². The summed E-state index contributed by atoms with van der Waals surface area (Å²) in [5, 5.41) is 3.43. The topological polar surface area (TPSA) is 41.5 Å². The van der Waals surface area contributed by atoms with E-state index in [1.807, 2.05) is 0 Å². The van der Waals surface area contributed by atoms with E-state index in [2.05, 4.69) is 24.2 Å². The molecule has 2 atom stereocenters. The molecule has 0 amide bonds. The second-order valence-corrected chi connectivity index (χ2v) is 6.71. The lowest BCUT2D eigenvalue weighted by Gasteiger charge is -2.39. The molecule has 0 bridgehead atoms. The van der Waals surface area contributed by atoms with Gasteiger partial charge in [0.15, 0.2) is 5.78 Å². The number of ketones is 1. The largest absolute Gasteiger partial charge is 0.347 e. The third-order valence-electron chi connectivity index (χ3n) is 4.76. The average Bonchev–Trinajstić information content (AvgIpc) is 2.53. The number of nitrogens with zero attached hydrogens (tertiary/aromatic N) is 1. The highest BCUT2D eigenvalue weighted by Crippen LogP contribution is 2.42. The lowest BCUT2D eigenvalue weighted by Crippen LogP contribution is -2.44. The highest BCUT2D eigenvalue weighted by molar-refractivity contribution is 6.01. The van der Waals surface area contributed by atoms with Crippen LogP contribution in [0.5, 0.6) is 0 Å². The van der Waals surface area contributed by atoms with E-state index in [0.29, 0.717) is 0 Å². The van der Waals surface area contributed by atoms with Crippen molar-refractivity contribution in [1.82, 2.24) is 5.32 Å². The maximum absolute atomic E-state index is 13.3. The van der Waals surface area contributed by atoms with Crippen molar-refractivity contribution in [3.05, 3.63) is 46.9 Å². The molecule has 2 aliphatic heterocycles. The van der Waals surface area contributed by atoms with Gasteiger partial charge in [-0.1, -0.05) is 26.0 Å². The molecule has 0 aliphatic carbocycles. The van der Waals surface area contributed by atoms with Gasteiger partial charge < -0.3 is 5.32 Å². The molecule has 122 valence electrons. The molecule has 1 aromatic rings. The van der Waals surface area contributed by atoms with Crippen molar-refractivity contribution in [3.63, 3.8) is 0 Å². The monoisotopic (exact) mass is 314 g/mol. The molecule has 0 aromatic heterocycles. The Morgan fingerprint density at radius 1 is 1.30 bits per heavy atom. The first kappa shape index (κ1) is 15.9. The summed E-state index contributed by atoms with van der Waals surface area (Å²) in [5.74, 6) is 1.17. The number of hydrogen-bond donors (Lipinski definition) is 1. The van der Waals surface area contributed by atoms with Crippen LogP contribution in [0.15, 0.2) is 40.5 Å². The first-order chi connectivity index (χ1) is 11.0. The van der Waals surface area contributed by atoms with Crippen LogP contribution in [0.4, 0.5) is 4.39 Å². The number of aliphatic imine (C=N–C) groups is 1. The van der Waals surface area contributed by atoms with E-state index in [9.17, 15) is 9.18 Å². The zero-order valence-corrected chi connectivity index (χ0v) is 13.9. The number of benzene rings is 1. The average molecular weight is 314 g/mol. The number of fused-ring (bicyclic) bond motifs is 1. The molecule has 1 aromatic carbocycles. The second-order valence-electron chi connectivity index (χ2n) is 6.71. The van der Waals surface area contributed by atoms with Gasteiger partial charge in [-0.05, 0) is 43.4 Å². The molecule has 2 aliphatic rings. The molecule has 23 heavy (non-hydrogen) atoms. The summed E-state index contributed by atoms with van der Waals surface area (Å²) in [7, 11) is 0. The summed E-state index contributed by atoms with van der Waals surface area (Å²) in [6.45, 7) is 6.62. The molecule has 1 N–H and O–H groups in total. The number of nitrogens with one attached hydrogen (secondary N) is 1. The van der Waals surface area contributed by atoms with E-state index in [1.165, 1.54) is 12.1 Å². The van der Waals surface area contributed by atoms with Gasteiger partial charge in [-0.2, -0.15) is 0 Å². The van der Waals surface area contributed by atoms with Crippen LogP contribution in [-0.4, -0.2) is 18.2 Å². The highest BCUT2D eigenvalue weighted by atomic mass is 19.1. The lowest BCUT2D eigenvalue weighted by atomic mass is 9.71. The molecule has 4 heteroatoms. The van der Waals surface area contributed by atoms with E-state index in [1.54, 1.807) is 19.1 Å². The molecule has 0 radical (unpaired) electrons. The van der Waals surface area contributed by atoms with Crippen LogP contribution in [0.2, 0.25) is 0 Å². The highest BCUT2D eigenvalue weighted by Gasteiger charge is 2.39. The van der Waals surface area contributed by atoms with Crippen molar-refractivity contribution < 1.29 is 9.18 Å². The maximum Gasteiger partial charge on any atom is 0.158 e. The van der Waals surface area contributed by atoms with Crippen molar-refractivity contribution in [2.24, 2.45) is 16.8 Å². The Bertz CT molecular complexity index is 673. The molecule has 3 nitrogen and oxygen atoms in total. The molecular formula is C19H23FN2O. The predicted octanol–water partition coefficient (Wildman–Crippen LogP) is 3.82. The lowest BCUT2D eigenvalue weighted by molar-refractivity contribution is -0.114. The van der Waals surface area contributed by atoms with Gasteiger partial charge in [0.2, 0.25) is 0 Å². The van der Waals surface area contributed by atoms with Gasteiger partial charge in [0.1, 0.15) is 11.7 Å². The third-order valence-corrected chi connectivity index (χ3v) is 4.76. The first-order valence-corrected chi connectivity index (χ1v) is 8.31. The Labute approximate surface area is 136 Å². The SMILES string of the molecule is CC(=O)C1=C(C(C)C)NC2=NCCCC2C1c1ccc(F)cc1. The van der Waals surface area contributed by atoms with E-state index in [-0.39, 0.29) is 29.4 Å². The Morgan fingerprint density at radius 3 is 2.61 bits per heavy atom. The standard InChI is InChI=1S/C19H23FN2O/c1-11(2)18-16(12(3)23)17(13-6-8-14(20)9-7-13)15-5-4-10-21-19(15)22-18/h6-9,11,15,17H,4-5,10H2,1-3H3,(H,21,22). The number of carbonyl (C=O) groups excluding carboxylic acids is 1. The number of Topliss-reactive ketones (excluding diaryl/α,β-unsaturated/α-hetero) is 1. The number of amidine groups is 1. The zero-order chi connectivity index (χ0) is 16.6. The normalized spacial score (nSPS) is 24.1. The molecular weight excluding hydrogens is 291 g/mol. The summed E-state index contributed by atoms with van der Waals surface area (Å²) in [6.07, 6.45) is 2.02. The van der Waals surface area contributed by atoms with E-state index >= 15 is 0 Å². The number of carbonyl (C=O) groups is 1. The Morgan fingerprint density at radius 2 is 2.00 bits per heavy atom. The minimum absolute atomic E-state index is 0.0363. The fourth-order valence-electron chi connectivity index (χ4n) is 3.73. The Hall–Kier alpha value is -1.97. The van der Waals surface area contributed by atoms with Gasteiger partial charge in [0.05, 0.1) is 0 Å². The summed E-state index contributed by atoms with van der Waals surface area (Å²) >= 11 is 0. The van der Waals surface area contributed by atoms with Crippen LogP contribution >= 0.6 is 0 Å². The number of hydrogen-bond acceptors (Lipinski definition) is 3. The molecule has 0 fully saturated rings. The molecule has 3 rings (SSSR count). The van der Waals surface area contributed by atoms with Gasteiger partial charge in [-0.15, -0.1) is 0 Å². The summed E-state index contributed by atoms with van der Waals surface area (Å²) in [5.41, 5.74) is 2.79. The molecule has 2 heterocycles. The fourth-order valence-corrected chi connectivity index (χ4v) is 3.73. The molecule has 0 saturated carbocycles. The molecule has 2 unspecified atom stereocenters. The maximum atomic E-state index is 13.3. The van der Waals surface area contributed by atoms with Gasteiger partial charge in [0, 0.05) is 29.7 Å². The van der Waals surface area contributed by atoms with E-state index < -0.39 is 0 Å². The Kier molecular flexibility index (Phi) is 4.33. The van der Waals surface area contributed by atoms with Crippen molar-refractivity contribution in [3.8, 4) is 0 Å². The minimum Gasteiger partial charge on any atom is -0.347 e. The third kappa shape index (κ3) is 2.94. The van der Waals surface area contributed by atoms with E-state index in [4.69, 9.17) is 0 Å². The van der Waals surface area contributed by atoms with Crippen molar-refractivity contribution in [1.29, 1.82) is 0 Å². The number of rotatable bonds is 3. The molecule has 0 saturated heterocycles.